The highest BCUT2D eigenvalue weighted by atomic mass is 35.5. The maximum atomic E-state index is 13.6. The summed E-state index contributed by atoms with van der Waals surface area (Å²) in [6, 6.07) is 20.3. The highest BCUT2D eigenvalue weighted by molar-refractivity contribution is 6.35. The minimum Gasteiger partial charge on any atom is -0.394 e. The number of fused-ring (bicyclic) bond motifs is 1. The van der Waals surface area contributed by atoms with Crippen molar-refractivity contribution in [2.24, 2.45) is 0 Å². The first kappa shape index (κ1) is 25.3. The van der Waals surface area contributed by atoms with E-state index in [4.69, 9.17) is 28.0 Å². The summed E-state index contributed by atoms with van der Waals surface area (Å²) in [5, 5.41) is 20.4. The third kappa shape index (κ3) is 5.56. The van der Waals surface area contributed by atoms with Gasteiger partial charge < -0.3 is 15.1 Å². The van der Waals surface area contributed by atoms with Gasteiger partial charge in [-0.15, -0.1) is 5.48 Å². The number of hydrogen-bond donors (Lipinski definition) is 3. The van der Waals surface area contributed by atoms with Crippen LogP contribution in [0.15, 0.2) is 72.8 Å². The zero-order chi connectivity index (χ0) is 24.9. The molecule has 0 aromatic heterocycles. The summed E-state index contributed by atoms with van der Waals surface area (Å²) in [4.78, 5) is 34.1. The van der Waals surface area contributed by atoms with Crippen LogP contribution in [0.4, 0.5) is 0 Å². The van der Waals surface area contributed by atoms with Crippen LogP contribution in [0.25, 0.3) is 0 Å². The maximum Gasteiger partial charge on any atom is 0.352 e. The number of carbonyl (C=O) groups excluding carboxylic acids is 2. The van der Waals surface area contributed by atoms with Gasteiger partial charge in [-0.05, 0) is 34.9 Å². The topological polar surface area (TPSA) is 104 Å². The lowest BCUT2D eigenvalue weighted by Crippen LogP contribution is -2.88. The molecule has 3 aromatic rings. The third-order valence-corrected chi connectivity index (χ3v) is 6.50. The van der Waals surface area contributed by atoms with Crippen LogP contribution in [0.5, 0.6) is 0 Å². The first-order valence-electron chi connectivity index (χ1n) is 11.1. The fraction of sp³-hybridized carbons (Fsp3) is 0.231. The Balaban J connectivity index is 1.75. The van der Waals surface area contributed by atoms with Crippen molar-refractivity contribution in [2.75, 3.05) is 13.2 Å². The fourth-order valence-electron chi connectivity index (χ4n) is 4.34. The van der Waals surface area contributed by atoms with Crippen LogP contribution in [0.2, 0.25) is 10.0 Å². The van der Waals surface area contributed by atoms with Gasteiger partial charge in [-0.1, -0.05) is 77.8 Å². The largest absolute Gasteiger partial charge is 0.394 e. The van der Waals surface area contributed by atoms with E-state index >= 15 is 0 Å². The number of hydroxylamine groups is 1. The zero-order valence-electron chi connectivity index (χ0n) is 18.7. The van der Waals surface area contributed by atoms with Gasteiger partial charge in [0.25, 0.3) is 5.91 Å². The number of rotatable bonds is 8. The molecule has 4 rings (SSSR count). The predicted octanol–water partition coefficient (Wildman–Crippen LogP) is 2.85. The lowest BCUT2D eigenvalue weighted by atomic mass is 9.79. The van der Waals surface area contributed by atoms with Gasteiger partial charge in [0.1, 0.15) is 12.5 Å². The number of aliphatic hydroxyl groups is 2. The third-order valence-electron chi connectivity index (χ3n) is 5.94. The second-order valence-electron chi connectivity index (χ2n) is 8.29. The molecule has 2 amide bonds. The molecule has 3 unspecified atom stereocenters. The number of halogens is 2. The van der Waals surface area contributed by atoms with Gasteiger partial charge in [-0.25, -0.2) is 4.79 Å². The fourth-order valence-corrected chi connectivity index (χ4v) is 4.86. The summed E-state index contributed by atoms with van der Waals surface area (Å²) in [7, 11) is 0. The van der Waals surface area contributed by atoms with E-state index in [1.54, 1.807) is 42.5 Å². The molecule has 0 saturated heterocycles. The molecule has 35 heavy (non-hydrogen) atoms. The number of carbonyl (C=O) groups is 2. The van der Waals surface area contributed by atoms with E-state index in [-0.39, 0.29) is 30.0 Å². The number of aliphatic hydroxyl groups excluding tert-OH is 2. The number of primary amides is 1. The monoisotopic (exact) mass is 515 g/mol. The van der Waals surface area contributed by atoms with E-state index in [2.05, 4.69) is 0 Å². The molecule has 3 aromatic carbocycles. The van der Waals surface area contributed by atoms with Crippen molar-refractivity contribution >= 4 is 35.0 Å². The lowest BCUT2D eigenvalue weighted by Gasteiger charge is -2.41. The Hall–Kier alpha value is -2.78. The van der Waals surface area contributed by atoms with Crippen LogP contribution >= 0.6 is 23.2 Å². The molecule has 7 nitrogen and oxygen atoms in total. The number of hydrogen-bond acceptors (Lipinski definition) is 5. The first-order valence-corrected chi connectivity index (χ1v) is 11.8. The molecule has 1 heterocycles. The molecule has 3 atom stereocenters. The second-order valence-corrected chi connectivity index (χ2v) is 9.13. The van der Waals surface area contributed by atoms with Gasteiger partial charge in [-0.2, -0.15) is 4.84 Å². The van der Waals surface area contributed by atoms with E-state index in [1.807, 2.05) is 30.3 Å². The van der Waals surface area contributed by atoms with E-state index in [1.165, 1.54) is 10.4 Å². The van der Waals surface area contributed by atoms with Crippen molar-refractivity contribution < 1.29 is 30.1 Å². The number of amides is 2. The van der Waals surface area contributed by atoms with E-state index < -0.39 is 24.7 Å². The molecular formula is C26H25Cl2N2O5+. The molecule has 182 valence electrons. The van der Waals surface area contributed by atoms with Gasteiger partial charge in [0.15, 0.2) is 0 Å². The Bertz CT molecular complexity index is 1210. The number of quaternary nitrogens is 1. The molecule has 0 saturated carbocycles. The summed E-state index contributed by atoms with van der Waals surface area (Å²) < 4.78 is 0. The van der Waals surface area contributed by atoms with Crippen molar-refractivity contribution in [2.45, 2.75) is 24.7 Å². The summed E-state index contributed by atoms with van der Waals surface area (Å²) >= 11 is 12.6. The molecule has 4 N–H and O–H groups in total. The standard InChI is InChI=1S/C26H24Cl2N2O5/c27-17-10-11-21(22(28)12-17)24-23(25(33)29-35-15-16-6-2-1-3-7-16)19-8-4-5-9-20(19)26(34)30(24)13-18(32)14-31/h1-12,18,23-24,31-32H,13-15H2,(H,29,33)/p+1. The molecule has 0 spiro atoms. The minimum atomic E-state index is -1.20. The van der Waals surface area contributed by atoms with Gasteiger partial charge in [-0.3, -0.25) is 4.79 Å². The molecule has 0 fully saturated rings. The van der Waals surface area contributed by atoms with Crippen LogP contribution in [0.1, 0.15) is 39.0 Å². The summed E-state index contributed by atoms with van der Waals surface area (Å²) in [5.41, 5.74) is 3.45. The Kier molecular flexibility index (Phi) is 8.18. The Labute approximate surface area is 212 Å². The summed E-state index contributed by atoms with van der Waals surface area (Å²) in [6.07, 6.45) is -1.20. The molecular weight excluding hydrogens is 491 g/mol. The van der Waals surface area contributed by atoms with Crippen molar-refractivity contribution in [3.8, 4) is 0 Å². The number of nitrogens with zero attached hydrogens (tertiary/aromatic N) is 1. The normalized spacial score (nSPS) is 18.3. The quantitative estimate of drug-likeness (QED) is 0.400. The van der Waals surface area contributed by atoms with Crippen molar-refractivity contribution in [1.82, 2.24) is 4.90 Å². The zero-order valence-corrected chi connectivity index (χ0v) is 20.2. The maximum absolute atomic E-state index is 13.6. The predicted molar refractivity (Wildman–Crippen MR) is 131 cm³/mol. The number of β-amino-alcohol motifs (C(OH)–C–C–N with tert-alkyl or cyclic N) is 1. The Morgan fingerprint density at radius 1 is 1.03 bits per heavy atom. The highest BCUT2D eigenvalue weighted by Gasteiger charge is 2.47. The van der Waals surface area contributed by atoms with Gasteiger partial charge in [0.2, 0.25) is 0 Å². The first-order chi connectivity index (χ1) is 16.9. The van der Waals surface area contributed by atoms with Gasteiger partial charge in [0, 0.05) is 22.2 Å². The molecule has 1 aliphatic heterocycles. The summed E-state index contributed by atoms with van der Waals surface area (Å²) in [6.45, 7) is -0.529. The molecule has 9 heteroatoms. The van der Waals surface area contributed by atoms with Crippen molar-refractivity contribution in [3.63, 3.8) is 0 Å². The Morgan fingerprint density at radius 2 is 1.74 bits per heavy atom. The van der Waals surface area contributed by atoms with Crippen LogP contribution < -0.4 is 5.48 Å². The van der Waals surface area contributed by atoms with Crippen LogP contribution in [-0.2, 0) is 16.2 Å². The molecule has 0 bridgehead atoms. The SMILES string of the molecule is O=C([NH2+]OCc1ccccc1)C1c2ccccc2C(=O)N(CC(O)CO)C1c1ccc(Cl)cc1Cl. The van der Waals surface area contributed by atoms with Crippen molar-refractivity contribution in [1.29, 1.82) is 0 Å². The number of nitrogens with two attached hydrogens (primary N) is 1. The van der Waals surface area contributed by atoms with E-state index in [9.17, 15) is 19.8 Å². The van der Waals surface area contributed by atoms with Gasteiger partial charge >= 0.3 is 5.91 Å². The average molecular weight is 516 g/mol. The Morgan fingerprint density at radius 3 is 2.46 bits per heavy atom. The smallest absolute Gasteiger partial charge is 0.352 e. The van der Waals surface area contributed by atoms with Crippen LogP contribution in [0.3, 0.4) is 0 Å². The molecule has 0 radical (unpaired) electrons. The highest BCUT2D eigenvalue weighted by Crippen LogP contribution is 2.44. The average Bonchev–Trinajstić information content (AvgIpc) is 2.86. The second kappa shape index (κ2) is 11.3. The van der Waals surface area contributed by atoms with Crippen LogP contribution in [-0.4, -0.2) is 46.2 Å². The van der Waals surface area contributed by atoms with Crippen LogP contribution in [0, 0.1) is 0 Å². The lowest BCUT2D eigenvalue weighted by molar-refractivity contribution is -0.832. The summed E-state index contributed by atoms with van der Waals surface area (Å²) in [5.74, 6) is -1.59. The molecule has 1 aliphatic rings. The van der Waals surface area contributed by atoms with E-state index in [0.717, 1.165) is 5.56 Å². The van der Waals surface area contributed by atoms with Gasteiger partial charge in [0.05, 0.1) is 18.8 Å². The van der Waals surface area contributed by atoms with E-state index in [0.29, 0.717) is 21.7 Å². The minimum absolute atomic E-state index is 0.193. The molecule has 0 aliphatic carbocycles. The number of benzene rings is 3. The van der Waals surface area contributed by atoms with Crippen molar-refractivity contribution in [3.05, 3.63) is 105 Å².